The molecule has 0 fully saturated rings. The summed E-state index contributed by atoms with van der Waals surface area (Å²) in [5.41, 5.74) is 3.75. The van der Waals surface area contributed by atoms with Gasteiger partial charge in [-0.15, -0.1) is 0 Å². The normalized spacial score (nSPS) is 10.6. The van der Waals surface area contributed by atoms with Crippen molar-refractivity contribution in [1.29, 1.82) is 0 Å². The van der Waals surface area contributed by atoms with Crippen molar-refractivity contribution in [1.82, 2.24) is 15.3 Å². The Bertz CT molecular complexity index is 862. The quantitative estimate of drug-likeness (QED) is 0.342. The van der Waals surface area contributed by atoms with Crippen molar-refractivity contribution in [3.63, 3.8) is 0 Å². The van der Waals surface area contributed by atoms with Gasteiger partial charge in [0.15, 0.2) is 0 Å². The number of carbonyl (C=O) groups is 1. The van der Waals surface area contributed by atoms with E-state index in [1.165, 1.54) is 0 Å². The first-order valence-corrected chi connectivity index (χ1v) is 9.00. The van der Waals surface area contributed by atoms with Crippen LogP contribution in [0.3, 0.4) is 0 Å². The van der Waals surface area contributed by atoms with E-state index in [-0.39, 0.29) is 5.91 Å². The molecule has 1 aromatic heterocycles. The fourth-order valence-electron chi connectivity index (χ4n) is 2.79. The van der Waals surface area contributed by atoms with Crippen LogP contribution in [0, 0.1) is 0 Å². The number of nitrogens with one attached hydrogen (secondary N) is 1. The molecule has 0 bridgehead atoms. The number of aryl methyl sites for hydroxylation is 1. The van der Waals surface area contributed by atoms with E-state index < -0.39 is 0 Å². The lowest BCUT2D eigenvalue weighted by Gasteiger charge is -2.08. The summed E-state index contributed by atoms with van der Waals surface area (Å²) in [6.07, 6.45) is 4.66. The average molecular weight is 365 g/mol. The molecule has 2 aromatic carbocycles. The molecule has 3 aromatic rings. The second-order valence-corrected chi connectivity index (χ2v) is 6.31. The maximum Gasteiger partial charge on any atom is 0.243 e. The van der Waals surface area contributed by atoms with Gasteiger partial charge in [0.25, 0.3) is 0 Å². The number of unbranched alkanes of at least 4 members (excludes halogenated alkanes) is 1. The van der Waals surface area contributed by atoms with Crippen LogP contribution < -0.4 is 10.2 Å². The van der Waals surface area contributed by atoms with Crippen LogP contribution in [0.15, 0.2) is 66.9 Å². The number of benzene rings is 2. The highest BCUT2D eigenvalue weighted by Crippen LogP contribution is 2.22. The largest absolute Gasteiger partial charge is 0.457 e. The number of hydrogen-bond acceptors (Lipinski definition) is 4. The van der Waals surface area contributed by atoms with Crippen LogP contribution in [0.4, 0.5) is 0 Å². The molecule has 0 aliphatic carbocycles. The lowest BCUT2D eigenvalue weighted by Crippen LogP contribution is -2.17. The van der Waals surface area contributed by atoms with Crippen LogP contribution in [0.5, 0.6) is 11.5 Å². The fraction of sp³-hybridized carbons (Fsp3) is 0.238. The third-order valence-electron chi connectivity index (χ3n) is 4.13. The molecule has 0 atom stereocenters. The first-order chi connectivity index (χ1) is 13.2. The van der Waals surface area contributed by atoms with Gasteiger partial charge in [0.1, 0.15) is 11.5 Å². The van der Waals surface area contributed by atoms with Crippen molar-refractivity contribution in [2.24, 2.45) is 0 Å². The van der Waals surface area contributed by atoms with Gasteiger partial charge in [0.2, 0.25) is 5.91 Å². The zero-order valence-electron chi connectivity index (χ0n) is 15.0. The molecule has 1 heterocycles. The fourth-order valence-corrected chi connectivity index (χ4v) is 2.79. The lowest BCUT2D eigenvalue weighted by atomic mass is 10.1. The number of ether oxygens (including phenoxy) is 1. The monoisotopic (exact) mass is 365 g/mol. The first-order valence-electron chi connectivity index (χ1n) is 9.00. The Morgan fingerprint density at radius 2 is 1.85 bits per heavy atom. The smallest absolute Gasteiger partial charge is 0.243 e. The van der Waals surface area contributed by atoms with E-state index in [2.05, 4.69) is 5.10 Å². The van der Waals surface area contributed by atoms with Gasteiger partial charge in [-0.05, 0) is 55.2 Å². The number of aromatic nitrogens is 2. The summed E-state index contributed by atoms with van der Waals surface area (Å²) in [6.45, 7) is 0.666. The third-order valence-corrected chi connectivity index (χ3v) is 4.13. The number of nitrogens with zero attached hydrogens (tertiary/aromatic N) is 2. The molecule has 0 spiro atoms. The number of hydroxylamine groups is 1. The second kappa shape index (κ2) is 9.54. The number of hydrogen-bond donors (Lipinski definition) is 2. The van der Waals surface area contributed by atoms with Crippen LogP contribution in [0.2, 0.25) is 0 Å². The van der Waals surface area contributed by atoms with Gasteiger partial charge in [0, 0.05) is 12.6 Å². The standard InChI is InChI=1S/C21H23N3O3/c25-21(23-26)12-5-4-8-18-13-14-24(22-18)16-17-7-6-11-20(15-17)27-19-9-2-1-3-10-19/h1-3,6-7,9-11,13-15,26H,4-5,8,12,16H2,(H,23,25). The molecule has 2 N–H and O–H groups in total. The third kappa shape index (κ3) is 5.97. The molecule has 0 aliphatic rings. The van der Waals surface area contributed by atoms with Gasteiger partial charge in [-0.3, -0.25) is 14.7 Å². The van der Waals surface area contributed by atoms with E-state index in [0.717, 1.165) is 42.0 Å². The average Bonchev–Trinajstić information content (AvgIpc) is 3.13. The maximum atomic E-state index is 11.0. The Labute approximate surface area is 158 Å². The summed E-state index contributed by atoms with van der Waals surface area (Å²) >= 11 is 0. The molecule has 3 rings (SSSR count). The number of para-hydroxylation sites is 1. The van der Waals surface area contributed by atoms with E-state index in [0.29, 0.717) is 13.0 Å². The van der Waals surface area contributed by atoms with E-state index in [1.807, 2.05) is 71.5 Å². The zero-order valence-corrected chi connectivity index (χ0v) is 15.0. The number of rotatable bonds is 9. The Balaban J connectivity index is 1.52. The molecule has 0 unspecified atom stereocenters. The Hall–Kier alpha value is -3.12. The SMILES string of the molecule is O=C(CCCCc1ccn(Cc2cccc(Oc3ccccc3)c2)n1)NO. The van der Waals surface area contributed by atoms with Crippen LogP contribution in [0.25, 0.3) is 0 Å². The van der Waals surface area contributed by atoms with Crippen molar-refractivity contribution in [3.05, 3.63) is 78.1 Å². The molecular weight excluding hydrogens is 342 g/mol. The van der Waals surface area contributed by atoms with Gasteiger partial charge in [-0.2, -0.15) is 5.10 Å². The second-order valence-electron chi connectivity index (χ2n) is 6.31. The number of carbonyl (C=O) groups excluding carboxylic acids is 1. The zero-order chi connectivity index (χ0) is 18.9. The van der Waals surface area contributed by atoms with E-state index >= 15 is 0 Å². The summed E-state index contributed by atoms with van der Waals surface area (Å²) in [5, 5.41) is 13.1. The Morgan fingerprint density at radius 3 is 2.67 bits per heavy atom. The van der Waals surface area contributed by atoms with Crippen molar-refractivity contribution in [2.75, 3.05) is 0 Å². The minimum absolute atomic E-state index is 0.325. The Morgan fingerprint density at radius 1 is 1.04 bits per heavy atom. The topological polar surface area (TPSA) is 76.4 Å². The molecule has 0 aliphatic heterocycles. The van der Waals surface area contributed by atoms with Crippen molar-refractivity contribution in [3.8, 4) is 11.5 Å². The predicted molar refractivity (Wildman–Crippen MR) is 102 cm³/mol. The van der Waals surface area contributed by atoms with Gasteiger partial charge in [-0.25, -0.2) is 5.48 Å². The molecule has 6 nitrogen and oxygen atoms in total. The molecule has 0 radical (unpaired) electrons. The van der Waals surface area contributed by atoms with Crippen LogP contribution >= 0.6 is 0 Å². The predicted octanol–water partition coefficient (Wildman–Crippen LogP) is 3.94. The van der Waals surface area contributed by atoms with Crippen LogP contribution in [-0.2, 0) is 17.8 Å². The number of amides is 1. The summed E-state index contributed by atoms with van der Waals surface area (Å²) in [7, 11) is 0. The molecule has 0 saturated heterocycles. The van der Waals surface area contributed by atoms with Crippen molar-refractivity contribution < 1.29 is 14.7 Å². The summed E-state index contributed by atoms with van der Waals surface area (Å²) in [6, 6.07) is 19.7. The minimum Gasteiger partial charge on any atom is -0.457 e. The highest BCUT2D eigenvalue weighted by molar-refractivity contribution is 5.74. The van der Waals surface area contributed by atoms with Gasteiger partial charge < -0.3 is 4.74 Å². The molecular formula is C21H23N3O3. The highest BCUT2D eigenvalue weighted by Gasteiger charge is 2.04. The van der Waals surface area contributed by atoms with Crippen LogP contribution in [-0.4, -0.2) is 20.9 Å². The summed E-state index contributed by atoms with van der Waals surface area (Å²) in [4.78, 5) is 11.0. The van der Waals surface area contributed by atoms with Crippen molar-refractivity contribution in [2.45, 2.75) is 32.2 Å². The van der Waals surface area contributed by atoms with E-state index in [1.54, 1.807) is 5.48 Å². The van der Waals surface area contributed by atoms with E-state index in [9.17, 15) is 4.79 Å². The molecule has 0 saturated carbocycles. The Kier molecular flexibility index (Phi) is 6.60. The summed E-state index contributed by atoms with van der Waals surface area (Å²) in [5.74, 6) is 1.26. The van der Waals surface area contributed by atoms with Gasteiger partial charge in [0.05, 0.1) is 12.2 Å². The maximum absolute atomic E-state index is 11.0. The summed E-state index contributed by atoms with van der Waals surface area (Å²) < 4.78 is 7.78. The molecule has 1 amide bonds. The van der Waals surface area contributed by atoms with Gasteiger partial charge in [-0.1, -0.05) is 30.3 Å². The van der Waals surface area contributed by atoms with Crippen LogP contribution in [0.1, 0.15) is 30.5 Å². The highest BCUT2D eigenvalue weighted by atomic mass is 16.5. The first kappa shape index (κ1) is 18.7. The van der Waals surface area contributed by atoms with Gasteiger partial charge >= 0.3 is 0 Å². The molecule has 140 valence electrons. The lowest BCUT2D eigenvalue weighted by molar-refractivity contribution is -0.129. The molecule has 6 heteroatoms. The minimum atomic E-state index is -0.349. The van der Waals surface area contributed by atoms with E-state index in [4.69, 9.17) is 9.94 Å². The molecule has 27 heavy (non-hydrogen) atoms. The van der Waals surface area contributed by atoms with Crippen molar-refractivity contribution >= 4 is 5.91 Å².